The van der Waals surface area contributed by atoms with Gasteiger partial charge in [-0.2, -0.15) is 16.6 Å². The summed E-state index contributed by atoms with van der Waals surface area (Å²) in [7, 11) is 0. The van der Waals surface area contributed by atoms with Crippen LogP contribution >= 0.6 is 22.9 Å². The number of thiophene rings is 1. The van der Waals surface area contributed by atoms with Crippen LogP contribution in [0.25, 0.3) is 6.08 Å². The Morgan fingerprint density at radius 3 is 2.70 bits per heavy atom. The van der Waals surface area contributed by atoms with E-state index in [0.29, 0.717) is 11.6 Å². The van der Waals surface area contributed by atoms with Gasteiger partial charge in [0, 0.05) is 11.6 Å². The van der Waals surface area contributed by atoms with Crippen LogP contribution in [-0.4, -0.2) is 5.91 Å². The van der Waals surface area contributed by atoms with Crippen LogP contribution in [0.15, 0.2) is 46.7 Å². The molecule has 0 aliphatic heterocycles. The number of halogens is 1. The first-order chi connectivity index (χ1) is 9.69. The second-order valence-corrected chi connectivity index (χ2v) is 5.25. The van der Waals surface area contributed by atoms with Crippen LogP contribution in [0.4, 0.5) is 0 Å². The molecule has 1 heterocycles. The standard InChI is InChI=1S/C15H11ClN2OS/c16-14-3-1-11(2-4-14)9-18-15(19)13(8-17)7-12-5-6-20-10-12/h1-7,10H,9H2,(H,18,19). The highest BCUT2D eigenvalue weighted by Crippen LogP contribution is 2.12. The molecule has 20 heavy (non-hydrogen) atoms. The van der Waals surface area contributed by atoms with E-state index in [-0.39, 0.29) is 11.5 Å². The number of carbonyl (C=O) groups is 1. The van der Waals surface area contributed by atoms with E-state index in [1.54, 1.807) is 18.2 Å². The van der Waals surface area contributed by atoms with E-state index in [0.717, 1.165) is 11.1 Å². The average molecular weight is 303 g/mol. The Labute approximate surface area is 126 Å². The molecular weight excluding hydrogens is 292 g/mol. The minimum absolute atomic E-state index is 0.0948. The van der Waals surface area contributed by atoms with Crippen LogP contribution in [0.3, 0.4) is 0 Å². The molecule has 100 valence electrons. The summed E-state index contributed by atoms with van der Waals surface area (Å²) in [4.78, 5) is 11.9. The summed E-state index contributed by atoms with van der Waals surface area (Å²) in [6.45, 7) is 0.360. The first kappa shape index (κ1) is 14.3. The minimum Gasteiger partial charge on any atom is -0.347 e. The summed E-state index contributed by atoms with van der Waals surface area (Å²) in [5, 5.41) is 16.2. The summed E-state index contributed by atoms with van der Waals surface area (Å²) >= 11 is 7.31. The Balaban J connectivity index is 2.00. The van der Waals surface area contributed by atoms with Crippen LogP contribution in [0.2, 0.25) is 5.02 Å². The maximum Gasteiger partial charge on any atom is 0.262 e. The molecule has 2 aromatic rings. The fourth-order valence-corrected chi connectivity index (χ4v) is 2.30. The highest BCUT2D eigenvalue weighted by Gasteiger charge is 2.08. The number of benzene rings is 1. The third-order valence-electron chi connectivity index (χ3n) is 2.59. The summed E-state index contributed by atoms with van der Waals surface area (Å²) in [6.07, 6.45) is 1.58. The lowest BCUT2D eigenvalue weighted by Crippen LogP contribution is -2.23. The molecule has 0 spiro atoms. The van der Waals surface area contributed by atoms with Gasteiger partial charge in [0.05, 0.1) is 0 Å². The Bertz CT molecular complexity index is 654. The van der Waals surface area contributed by atoms with E-state index in [4.69, 9.17) is 16.9 Å². The normalized spacial score (nSPS) is 10.9. The molecule has 0 aliphatic rings. The van der Waals surface area contributed by atoms with Crippen molar-refractivity contribution in [1.29, 1.82) is 5.26 Å². The summed E-state index contributed by atoms with van der Waals surface area (Å²) in [6, 6.07) is 11.0. The summed E-state index contributed by atoms with van der Waals surface area (Å²) in [5.41, 5.74) is 1.88. The van der Waals surface area contributed by atoms with Gasteiger partial charge in [0.2, 0.25) is 0 Å². The quantitative estimate of drug-likeness (QED) is 0.692. The van der Waals surface area contributed by atoms with Crippen molar-refractivity contribution >= 4 is 34.9 Å². The fraction of sp³-hybridized carbons (Fsp3) is 0.0667. The van der Waals surface area contributed by atoms with Crippen molar-refractivity contribution < 1.29 is 4.79 Å². The molecule has 0 atom stereocenters. The number of nitrogens with one attached hydrogen (secondary N) is 1. The van der Waals surface area contributed by atoms with Gasteiger partial charge in [0.1, 0.15) is 11.6 Å². The number of nitriles is 1. The molecule has 1 amide bonds. The van der Waals surface area contributed by atoms with E-state index in [1.165, 1.54) is 11.3 Å². The molecule has 5 heteroatoms. The predicted molar refractivity (Wildman–Crippen MR) is 81.2 cm³/mol. The Morgan fingerprint density at radius 2 is 2.10 bits per heavy atom. The number of carbonyl (C=O) groups excluding carboxylic acids is 1. The number of hydrogen-bond donors (Lipinski definition) is 1. The molecule has 0 aliphatic carbocycles. The number of amides is 1. The van der Waals surface area contributed by atoms with Crippen molar-refractivity contribution in [3.8, 4) is 6.07 Å². The molecule has 1 aromatic carbocycles. The van der Waals surface area contributed by atoms with Crippen molar-refractivity contribution in [2.75, 3.05) is 0 Å². The van der Waals surface area contributed by atoms with E-state index < -0.39 is 0 Å². The van der Waals surface area contributed by atoms with E-state index in [1.807, 2.05) is 35.0 Å². The van der Waals surface area contributed by atoms with Gasteiger partial charge in [-0.3, -0.25) is 4.79 Å². The van der Waals surface area contributed by atoms with E-state index in [9.17, 15) is 4.79 Å². The maximum atomic E-state index is 11.9. The van der Waals surface area contributed by atoms with Crippen molar-refractivity contribution in [2.45, 2.75) is 6.54 Å². The highest BCUT2D eigenvalue weighted by atomic mass is 35.5. The fourth-order valence-electron chi connectivity index (χ4n) is 1.55. The monoisotopic (exact) mass is 302 g/mol. The van der Waals surface area contributed by atoms with Crippen molar-refractivity contribution in [2.24, 2.45) is 0 Å². The van der Waals surface area contributed by atoms with Crippen molar-refractivity contribution in [3.05, 3.63) is 62.8 Å². The second-order valence-electron chi connectivity index (χ2n) is 4.04. The van der Waals surface area contributed by atoms with Gasteiger partial charge in [0.15, 0.2) is 0 Å². The molecule has 0 saturated heterocycles. The SMILES string of the molecule is N#CC(=Cc1ccsc1)C(=O)NCc1ccc(Cl)cc1. The molecule has 3 nitrogen and oxygen atoms in total. The first-order valence-corrected chi connectivity index (χ1v) is 7.18. The molecule has 0 unspecified atom stereocenters. The van der Waals surface area contributed by atoms with Gasteiger partial charge in [-0.1, -0.05) is 23.7 Å². The lowest BCUT2D eigenvalue weighted by Gasteiger charge is -2.04. The number of hydrogen-bond acceptors (Lipinski definition) is 3. The third kappa shape index (κ3) is 3.95. The molecule has 0 saturated carbocycles. The van der Waals surface area contributed by atoms with Gasteiger partial charge >= 0.3 is 0 Å². The zero-order valence-electron chi connectivity index (χ0n) is 10.5. The zero-order valence-corrected chi connectivity index (χ0v) is 12.0. The van der Waals surface area contributed by atoms with Gasteiger partial charge in [0.25, 0.3) is 5.91 Å². The van der Waals surface area contributed by atoms with Gasteiger partial charge in [-0.25, -0.2) is 0 Å². The predicted octanol–water partition coefficient (Wildman–Crippen LogP) is 3.62. The van der Waals surface area contributed by atoms with Crippen LogP contribution in [-0.2, 0) is 11.3 Å². The Morgan fingerprint density at radius 1 is 1.35 bits per heavy atom. The van der Waals surface area contributed by atoms with E-state index in [2.05, 4.69) is 5.32 Å². The molecule has 2 rings (SSSR count). The van der Waals surface area contributed by atoms with Crippen molar-refractivity contribution in [1.82, 2.24) is 5.32 Å². The van der Waals surface area contributed by atoms with Gasteiger partial charge in [-0.05, 0) is 46.2 Å². The molecule has 1 aromatic heterocycles. The maximum absolute atomic E-state index is 11.9. The van der Waals surface area contributed by atoms with E-state index >= 15 is 0 Å². The molecule has 0 bridgehead atoms. The van der Waals surface area contributed by atoms with Crippen molar-refractivity contribution in [3.63, 3.8) is 0 Å². The number of rotatable bonds is 4. The van der Waals surface area contributed by atoms with Crippen LogP contribution < -0.4 is 5.32 Å². The smallest absolute Gasteiger partial charge is 0.262 e. The Hall–Kier alpha value is -2.09. The van der Waals surface area contributed by atoms with Crippen LogP contribution in [0, 0.1) is 11.3 Å². The topological polar surface area (TPSA) is 52.9 Å². The Kier molecular flexibility index (Phi) is 4.94. The second kappa shape index (κ2) is 6.90. The average Bonchev–Trinajstić information content (AvgIpc) is 2.97. The molecule has 0 radical (unpaired) electrons. The highest BCUT2D eigenvalue weighted by molar-refractivity contribution is 7.08. The largest absolute Gasteiger partial charge is 0.347 e. The zero-order chi connectivity index (χ0) is 14.4. The van der Waals surface area contributed by atoms with Gasteiger partial charge in [-0.15, -0.1) is 0 Å². The van der Waals surface area contributed by atoms with Crippen LogP contribution in [0.5, 0.6) is 0 Å². The van der Waals surface area contributed by atoms with Crippen LogP contribution in [0.1, 0.15) is 11.1 Å². The summed E-state index contributed by atoms with van der Waals surface area (Å²) in [5.74, 6) is -0.381. The molecular formula is C15H11ClN2OS. The lowest BCUT2D eigenvalue weighted by molar-refractivity contribution is -0.117. The minimum atomic E-state index is -0.381. The first-order valence-electron chi connectivity index (χ1n) is 5.85. The molecule has 0 fully saturated rings. The van der Waals surface area contributed by atoms with Gasteiger partial charge < -0.3 is 5.32 Å². The summed E-state index contributed by atoms with van der Waals surface area (Å²) < 4.78 is 0. The third-order valence-corrected chi connectivity index (χ3v) is 3.54. The number of nitrogens with zero attached hydrogens (tertiary/aromatic N) is 1. The molecule has 1 N–H and O–H groups in total. The lowest BCUT2D eigenvalue weighted by atomic mass is 10.2.